The first-order valence-corrected chi connectivity index (χ1v) is 5.90. The number of carbonyl (C=O) groups is 2. The van der Waals surface area contributed by atoms with Crippen LogP contribution in [-0.2, 0) is 20.5 Å². The molecule has 0 bridgehead atoms. The van der Waals surface area contributed by atoms with Crippen molar-refractivity contribution in [3.63, 3.8) is 0 Å². The van der Waals surface area contributed by atoms with Gasteiger partial charge in [0, 0.05) is 0 Å². The minimum Gasteiger partial charge on any atom is -0.467 e. The largest absolute Gasteiger partial charge is 0.467 e. The Morgan fingerprint density at radius 1 is 1.24 bits per heavy atom. The van der Waals surface area contributed by atoms with Crippen molar-refractivity contribution in [3.05, 3.63) is 35.4 Å². The maximum Gasteiger partial charge on any atom is 0.416 e. The van der Waals surface area contributed by atoms with Crippen molar-refractivity contribution < 1.29 is 32.6 Å². The van der Waals surface area contributed by atoms with Crippen molar-refractivity contribution in [2.75, 3.05) is 7.11 Å². The highest BCUT2D eigenvalue weighted by Gasteiger charge is 2.30. The monoisotopic (exact) mass is 305 g/mol. The molecule has 1 aromatic carbocycles. The number of amides is 1. The molecular weight excluding hydrogens is 291 g/mol. The van der Waals surface area contributed by atoms with E-state index in [9.17, 15) is 27.9 Å². The van der Waals surface area contributed by atoms with Gasteiger partial charge < -0.3 is 15.2 Å². The summed E-state index contributed by atoms with van der Waals surface area (Å²) in [5, 5.41) is 11.9. The molecule has 0 aliphatic rings. The first-order chi connectivity index (χ1) is 9.66. The van der Waals surface area contributed by atoms with Crippen LogP contribution in [0.2, 0.25) is 0 Å². The first-order valence-electron chi connectivity index (χ1n) is 5.90. The summed E-state index contributed by atoms with van der Waals surface area (Å²) in [5.41, 5.74) is -0.903. The Balaban J connectivity index is 2.77. The van der Waals surface area contributed by atoms with E-state index in [4.69, 9.17) is 0 Å². The molecule has 0 spiro atoms. The third kappa shape index (κ3) is 4.45. The molecule has 1 aromatic rings. The zero-order valence-electron chi connectivity index (χ0n) is 11.3. The van der Waals surface area contributed by atoms with E-state index in [-0.39, 0.29) is 5.56 Å². The van der Waals surface area contributed by atoms with Crippen LogP contribution in [0, 0.1) is 0 Å². The molecule has 0 aliphatic carbocycles. The Kier molecular flexibility index (Phi) is 5.31. The average Bonchev–Trinajstić information content (AvgIpc) is 2.44. The van der Waals surface area contributed by atoms with Crippen molar-refractivity contribution in [1.82, 2.24) is 5.32 Å². The maximum absolute atomic E-state index is 12.4. The van der Waals surface area contributed by atoms with E-state index in [0.717, 1.165) is 31.4 Å². The number of ether oxygens (including phenoxy) is 1. The van der Waals surface area contributed by atoms with Gasteiger partial charge in [0.15, 0.2) is 6.10 Å². The van der Waals surface area contributed by atoms with Gasteiger partial charge in [-0.2, -0.15) is 13.2 Å². The summed E-state index contributed by atoms with van der Waals surface area (Å²) < 4.78 is 41.5. The van der Waals surface area contributed by atoms with Gasteiger partial charge in [-0.1, -0.05) is 12.1 Å². The lowest BCUT2D eigenvalue weighted by atomic mass is 10.1. The minimum atomic E-state index is -4.49. The van der Waals surface area contributed by atoms with E-state index in [1.54, 1.807) is 0 Å². The number of methoxy groups -OCH3 is 1. The SMILES string of the molecule is COC(=O)[C@@H](C)NC(=O)[C@@H](O)c1ccc(C(F)(F)F)cc1. The zero-order valence-corrected chi connectivity index (χ0v) is 11.3. The average molecular weight is 305 g/mol. The number of esters is 1. The second-order valence-electron chi connectivity index (χ2n) is 4.28. The van der Waals surface area contributed by atoms with Gasteiger partial charge in [0.2, 0.25) is 0 Å². The van der Waals surface area contributed by atoms with Gasteiger partial charge in [0.25, 0.3) is 5.91 Å². The number of benzene rings is 1. The number of rotatable bonds is 4. The summed E-state index contributed by atoms with van der Waals surface area (Å²) in [6.07, 6.45) is -6.18. The molecular formula is C13H14F3NO4. The molecule has 0 saturated heterocycles. The Morgan fingerprint density at radius 3 is 2.19 bits per heavy atom. The van der Waals surface area contributed by atoms with Gasteiger partial charge in [-0.05, 0) is 24.6 Å². The highest BCUT2D eigenvalue weighted by Crippen LogP contribution is 2.29. The Hall–Kier alpha value is -2.09. The van der Waals surface area contributed by atoms with Gasteiger partial charge in [0.05, 0.1) is 12.7 Å². The fourth-order valence-electron chi connectivity index (χ4n) is 1.53. The van der Waals surface area contributed by atoms with Crippen molar-refractivity contribution in [2.24, 2.45) is 0 Å². The van der Waals surface area contributed by atoms with Crippen LogP contribution in [0.3, 0.4) is 0 Å². The third-order valence-electron chi connectivity index (χ3n) is 2.72. The van der Waals surface area contributed by atoms with Gasteiger partial charge in [0.1, 0.15) is 6.04 Å². The molecule has 0 aliphatic heterocycles. The predicted molar refractivity (Wildman–Crippen MR) is 66.0 cm³/mol. The van der Waals surface area contributed by atoms with Crippen LogP contribution in [-0.4, -0.2) is 30.1 Å². The normalized spacial score (nSPS) is 14.2. The smallest absolute Gasteiger partial charge is 0.416 e. The number of carbonyl (C=O) groups excluding carboxylic acids is 2. The van der Waals surface area contributed by atoms with Gasteiger partial charge in [-0.25, -0.2) is 4.79 Å². The summed E-state index contributed by atoms with van der Waals surface area (Å²) in [6, 6.07) is 2.53. The lowest BCUT2D eigenvalue weighted by molar-refractivity contribution is -0.145. The molecule has 0 heterocycles. The lowest BCUT2D eigenvalue weighted by Crippen LogP contribution is -2.41. The molecule has 1 rings (SSSR count). The summed E-state index contributed by atoms with van der Waals surface area (Å²) >= 11 is 0. The highest BCUT2D eigenvalue weighted by molar-refractivity contribution is 5.87. The van der Waals surface area contributed by atoms with Crippen LogP contribution in [0.25, 0.3) is 0 Å². The molecule has 0 saturated carbocycles. The quantitative estimate of drug-likeness (QED) is 0.825. The minimum absolute atomic E-state index is 0.0161. The van der Waals surface area contributed by atoms with Crippen LogP contribution in [0.5, 0.6) is 0 Å². The lowest BCUT2D eigenvalue weighted by Gasteiger charge is -2.16. The van der Waals surface area contributed by atoms with E-state index in [1.165, 1.54) is 6.92 Å². The molecule has 116 valence electrons. The van der Waals surface area contributed by atoms with Crippen LogP contribution in [0.15, 0.2) is 24.3 Å². The van der Waals surface area contributed by atoms with E-state index >= 15 is 0 Å². The standard InChI is InChI=1S/C13H14F3NO4/c1-7(12(20)21-2)17-11(19)10(18)8-3-5-9(6-4-8)13(14,15)16/h3-7,10,18H,1-2H3,(H,17,19)/t7-,10+/m1/s1. The zero-order chi connectivity index (χ0) is 16.2. The second kappa shape index (κ2) is 6.57. The summed E-state index contributed by atoms with van der Waals surface area (Å²) in [6.45, 7) is 1.35. The summed E-state index contributed by atoms with van der Waals surface area (Å²) in [7, 11) is 1.14. The fraction of sp³-hybridized carbons (Fsp3) is 0.385. The number of hydrogen-bond donors (Lipinski definition) is 2. The predicted octanol–water partition coefficient (Wildman–Crippen LogP) is 1.42. The molecule has 5 nitrogen and oxygen atoms in total. The highest BCUT2D eigenvalue weighted by atomic mass is 19.4. The van der Waals surface area contributed by atoms with Crippen LogP contribution < -0.4 is 5.32 Å². The molecule has 0 aromatic heterocycles. The Bertz CT molecular complexity index is 513. The maximum atomic E-state index is 12.4. The van der Waals surface area contributed by atoms with E-state index in [0.29, 0.717) is 0 Å². The molecule has 21 heavy (non-hydrogen) atoms. The first kappa shape index (κ1) is 17.0. The molecule has 2 N–H and O–H groups in total. The van der Waals surface area contributed by atoms with Crippen molar-refractivity contribution >= 4 is 11.9 Å². The van der Waals surface area contributed by atoms with Crippen molar-refractivity contribution in [1.29, 1.82) is 0 Å². The second-order valence-corrected chi connectivity index (χ2v) is 4.28. The van der Waals surface area contributed by atoms with E-state index in [2.05, 4.69) is 10.1 Å². The third-order valence-corrected chi connectivity index (χ3v) is 2.72. The summed E-state index contributed by atoms with van der Waals surface area (Å²) in [5.74, 6) is -1.62. The van der Waals surface area contributed by atoms with E-state index < -0.39 is 35.8 Å². The number of alkyl halides is 3. The number of halogens is 3. The fourth-order valence-corrected chi connectivity index (χ4v) is 1.53. The number of aliphatic hydroxyl groups excluding tert-OH is 1. The number of aliphatic hydroxyl groups is 1. The molecule has 0 fully saturated rings. The van der Waals surface area contributed by atoms with Crippen LogP contribution >= 0.6 is 0 Å². The summed E-state index contributed by atoms with van der Waals surface area (Å²) in [4.78, 5) is 22.8. The molecule has 8 heteroatoms. The molecule has 2 atom stereocenters. The number of nitrogens with one attached hydrogen (secondary N) is 1. The Morgan fingerprint density at radius 2 is 1.76 bits per heavy atom. The van der Waals surface area contributed by atoms with Gasteiger partial charge >= 0.3 is 12.1 Å². The van der Waals surface area contributed by atoms with Crippen LogP contribution in [0.4, 0.5) is 13.2 Å². The van der Waals surface area contributed by atoms with E-state index in [1.807, 2.05) is 0 Å². The van der Waals surface area contributed by atoms with Gasteiger partial charge in [-0.15, -0.1) is 0 Å². The molecule has 1 amide bonds. The number of hydrogen-bond acceptors (Lipinski definition) is 4. The topological polar surface area (TPSA) is 75.6 Å². The van der Waals surface area contributed by atoms with Crippen molar-refractivity contribution in [3.8, 4) is 0 Å². The van der Waals surface area contributed by atoms with Crippen LogP contribution in [0.1, 0.15) is 24.2 Å². The molecule has 0 radical (unpaired) electrons. The van der Waals surface area contributed by atoms with Crippen molar-refractivity contribution in [2.45, 2.75) is 25.2 Å². The van der Waals surface area contributed by atoms with Gasteiger partial charge in [-0.3, -0.25) is 4.79 Å². The molecule has 0 unspecified atom stereocenters. The Labute approximate surface area is 118 Å².